The summed E-state index contributed by atoms with van der Waals surface area (Å²) in [5.41, 5.74) is 1.47. The molecule has 1 aliphatic carbocycles. The maximum atomic E-state index is 3.66. The van der Waals surface area contributed by atoms with Crippen LogP contribution in [0.1, 0.15) is 50.6 Å². The minimum atomic E-state index is 0.581. The molecule has 1 saturated carbocycles. The highest BCUT2D eigenvalue weighted by Gasteiger charge is 2.35. The summed E-state index contributed by atoms with van der Waals surface area (Å²) in [6.45, 7) is 4.75. The van der Waals surface area contributed by atoms with Gasteiger partial charge in [-0.25, -0.2) is 0 Å². The summed E-state index contributed by atoms with van der Waals surface area (Å²) in [7, 11) is 0. The van der Waals surface area contributed by atoms with E-state index in [2.05, 4.69) is 57.3 Å². The highest BCUT2D eigenvalue weighted by molar-refractivity contribution is 9.10. The van der Waals surface area contributed by atoms with Crippen molar-refractivity contribution in [2.24, 2.45) is 0 Å². The van der Waals surface area contributed by atoms with Gasteiger partial charge >= 0.3 is 0 Å². The lowest BCUT2D eigenvalue weighted by Gasteiger charge is -2.33. The van der Waals surface area contributed by atoms with Crippen LogP contribution in [0.5, 0.6) is 0 Å². The molecule has 1 aromatic rings. The molecule has 1 saturated heterocycles. The topological polar surface area (TPSA) is 15.3 Å². The maximum Gasteiger partial charge on any atom is 0.0349 e. The second kappa shape index (κ2) is 6.59. The summed E-state index contributed by atoms with van der Waals surface area (Å²) in [6.07, 6.45) is 6.67. The number of benzene rings is 1. The van der Waals surface area contributed by atoms with E-state index in [0.29, 0.717) is 12.1 Å². The lowest BCUT2D eigenvalue weighted by Crippen LogP contribution is -2.40. The van der Waals surface area contributed by atoms with Gasteiger partial charge in [-0.3, -0.25) is 4.90 Å². The molecule has 0 aromatic heterocycles. The van der Waals surface area contributed by atoms with Crippen molar-refractivity contribution >= 4 is 15.9 Å². The smallest absolute Gasteiger partial charge is 0.0349 e. The van der Waals surface area contributed by atoms with E-state index in [0.717, 1.165) is 6.04 Å². The van der Waals surface area contributed by atoms with E-state index in [1.165, 1.54) is 55.2 Å². The van der Waals surface area contributed by atoms with Crippen LogP contribution in [-0.2, 0) is 0 Å². The van der Waals surface area contributed by atoms with Gasteiger partial charge in [0, 0.05) is 29.1 Å². The van der Waals surface area contributed by atoms with Crippen LogP contribution in [0.25, 0.3) is 0 Å². The normalized spacial score (nSPS) is 24.2. The molecule has 3 rings (SSSR count). The number of rotatable bonds is 6. The Morgan fingerprint density at radius 2 is 2.00 bits per heavy atom. The van der Waals surface area contributed by atoms with Crippen molar-refractivity contribution < 1.29 is 0 Å². The van der Waals surface area contributed by atoms with Crippen LogP contribution in [0, 0.1) is 0 Å². The molecule has 1 heterocycles. The fraction of sp³-hybridized carbons (Fsp3) is 0.647. The lowest BCUT2D eigenvalue weighted by molar-refractivity contribution is 0.166. The molecule has 2 nitrogen and oxygen atoms in total. The van der Waals surface area contributed by atoms with Crippen molar-refractivity contribution in [2.45, 2.75) is 57.2 Å². The molecule has 1 aromatic carbocycles. The van der Waals surface area contributed by atoms with Crippen molar-refractivity contribution in [1.29, 1.82) is 0 Å². The third-order valence-electron chi connectivity index (χ3n) is 4.65. The fourth-order valence-corrected chi connectivity index (χ4v) is 3.71. The fourth-order valence-electron chi connectivity index (χ4n) is 3.45. The number of nitrogens with one attached hydrogen (secondary N) is 1. The van der Waals surface area contributed by atoms with Gasteiger partial charge in [-0.2, -0.15) is 0 Å². The van der Waals surface area contributed by atoms with Gasteiger partial charge in [0.05, 0.1) is 0 Å². The Kier molecular flexibility index (Phi) is 4.79. The average Bonchev–Trinajstić information content (AvgIpc) is 3.18. The van der Waals surface area contributed by atoms with E-state index in [4.69, 9.17) is 0 Å². The van der Waals surface area contributed by atoms with Gasteiger partial charge in [0.1, 0.15) is 0 Å². The second-order valence-corrected chi connectivity index (χ2v) is 7.11. The molecule has 2 atom stereocenters. The number of hydrogen-bond donors (Lipinski definition) is 1. The summed E-state index contributed by atoms with van der Waals surface area (Å²) in [6, 6.07) is 11.0. The van der Waals surface area contributed by atoms with Crippen molar-refractivity contribution in [3.8, 4) is 0 Å². The number of halogens is 1. The van der Waals surface area contributed by atoms with E-state index in [1.807, 2.05) is 0 Å². The predicted octanol–water partition coefficient (Wildman–Crippen LogP) is 4.12. The maximum absolute atomic E-state index is 3.66. The van der Waals surface area contributed by atoms with Gasteiger partial charge in [-0.05, 0) is 56.3 Å². The Labute approximate surface area is 131 Å². The van der Waals surface area contributed by atoms with Crippen molar-refractivity contribution in [2.75, 3.05) is 13.1 Å². The van der Waals surface area contributed by atoms with Gasteiger partial charge < -0.3 is 5.32 Å². The standard InChI is InChI=1S/C17H25BrN2/c1-2-17(13-5-7-14(18)8-6-13)20(16-9-10-16)12-15-4-3-11-19-15/h5-8,15-17,19H,2-4,9-12H2,1H3. The third-order valence-corrected chi connectivity index (χ3v) is 5.18. The molecule has 2 unspecified atom stereocenters. The third kappa shape index (κ3) is 3.44. The van der Waals surface area contributed by atoms with Crippen LogP contribution in [0.15, 0.2) is 28.7 Å². The number of nitrogens with zero attached hydrogens (tertiary/aromatic N) is 1. The van der Waals surface area contributed by atoms with Crippen molar-refractivity contribution in [3.63, 3.8) is 0 Å². The molecule has 3 heteroatoms. The molecular weight excluding hydrogens is 312 g/mol. The van der Waals surface area contributed by atoms with Crippen LogP contribution in [0.2, 0.25) is 0 Å². The molecule has 1 aliphatic heterocycles. The van der Waals surface area contributed by atoms with Gasteiger partial charge in [-0.15, -0.1) is 0 Å². The Morgan fingerprint density at radius 1 is 1.25 bits per heavy atom. The molecule has 2 aliphatic rings. The van der Waals surface area contributed by atoms with E-state index in [1.54, 1.807) is 0 Å². The Balaban J connectivity index is 1.74. The Hall–Kier alpha value is -0.380. The average molecular weight is 337 g/mol. The quantitative estimate of drug-likeness (QED) is 0.840. The summed E-state index contributed by atoms with van der Waals surface area (Å²) in [5, 5.41) is 3.66. The molecule has 0 bridgehead atoms. The zero-order valence-corrected chi connectivity index (χ0v) is 13.9. The van der Waals surface area contributed by atoms with Crippen LogP contribution in [0.3, 0.4) is 0 Å². The van der Waals surface area contributed by atoms with E-state index in [-0.39, 0.29) is 0 Å². The van der Waals surface area contributed by atoms with Gasteiger partial charge in [0.15, 0.2) is 0 Å². The molecule has 1 N–H and O–H groups in total. The molecule has 2 fully saturated rings. The highest BCUT2D eigenvalue weighted by atomic mass is 79.9. The first-order valence-corrected chi connectivity index (χ1v) is 8.82. The monoisotopic (exact) mass is 336 g/mol. The van der Waals surface area contributed by atoms with Gasteiger partial charge in [0.25, 0.3) is 0 Å². The lowest BCUT2D eigenvalue weighted by atomic mass is 10.0. The molecular formula is C17H25BrN2. The van der Waals surface area contributed by atoms with Crippen LogP contribution < -0.4 is 5.32 Å². The van der Waals surface area contributed by atoms with Crippen molar-refractivity contribution in [3.05, 3.63) is 34.3 Å². The van der Waals surface area contributed by atoms with Gasteiger partial charge in [0.2, 0.25) is 0 Å². The van der Waals surface area contributed by atoms with Crippen LogP contribution >= 0.6 is 15.9 Å². The molecule has 20 heavy (non-hydrogen) atoms. The summed E-state index contributed by atoms with van der Waals surface area (Å²) in [4.78, 5) is 2.77. The molecule has 0 amide bonds. The predicted molar refractivity (Wildman–Crippen MR) is 87.9 cm³/mol. The van der Waals surface area contributed by atoms with E-state index < -0.39 is 0 Å². The minimum Gasteiger partial charge on any atom is -0.313 e. The Morgan fingerprint density at radius 3 is 2.55 bits per heavy atom. The largest absolute Gasteiger partial charge is 0.313 e. The zero-order valence-electron chi connectivity index (χ0n) is 12.3. The van der Waals surface area contributed by atoms with Crippen molar-refractivity contribution in [1.82, 2.24) is 10.2 Å². The first-order chi connectivity index (χ1) is 9.78. The highest BCUT2D eigenvalue weighted by Crippen LogP contribution is 2.36. The summed E-state index contributed by atoms with van der Waals surface area (Å²) < 4.78 is 1.17. The SMILES string of the molecule is CCC(c1ccc(Br)cc1)N(CC1CCCN1)C1CC1. The van der Waals surface area contributed by atoms with E-state index >= 15 is 0 Å². The molecule has 110 valence electrons. The van der Waals surface area contributed by atoms with Crippen LogP contribution in [-0.4, -0.2) is 30.1 Å². The van der Waals surface area contributed by atoms with Crippen LogP contribution in [0.4, 0.5) is 0 Å². The summed E-state index contributed by atoms with van der Waals surface area (Å²) >= 11 is 3.54. The molecule has 0 spiro atoms. The Bertz CT molecular complexity index is 421. The molecule has 0 radical (unpaired) electrons. The zero-order chi connectivity index (χ0) is 13.9. The second-order valence-electron chi connectivity index (χ2n) is 6.20. The summed E-state index contributed by atoms with van der Waals surface area (Å²) in [5.74, 6) is 0. The van der Waals surface area contributed by atoms with Gasteiger partial charge in [-0.1, -0.05) is 35.0 Å². The first-order valence-electron chi connectivity index (χ1n) is 8.02. The number of hydrogen-bond acceptors (Lipinski definition) is 2. The first kappa shape index (κ1) is 14.6. The minimum absolute atomic E-state index is 0.581. The van der Waals surface area contributed by atoms with E-state index in [9.17, 15) is 0 Å².